The van der Waals surface area contributed by atoms with Crippen molar-refractivity contribution in [2.75, 3.05) is 5.75 Å². The SMILES string of the molecule is C[C@H](C(=O)NC1CCCCC1)N(Cc1ccccc1)C(=O)CSCc1ccc(Cl)cc1Cl. The number of nitrogens with zero attached hydrogens (tertiary/aromatic N) is 1. The van der Waals surface area contributed by atoms with Crippen LogP contribution in [0.25, 0.3) is 0 Å². The van der Waals surface area contributed by atoms with Crippen molar-refractivity contribution in [1.82, 2.24) is 10.2 Å². The number of hydrogen-bond acceptors (Lipinski definition) is 3. The molecule has 0 radical (unpaired) electrons. The zero-order valence-electron chi connectivity index (χ0n) is 18.4. The van der Waals surface area contributed by atoms with Crippen LogP contribution >= 0.6 is 35.0 Å². The van der Waals surface area contributed by atoms with Crippen LogP contribution < -0.4 is 5.32 Å². The van der Waals surface area contributed by atoms with Crippen LogP contribution in [0.4, 0.5) is 0 Å². The molecule has 0 bridgehead atoms. The molecule has 1 N–H and O–H groups in total. The lowest BCUT2D eigenvalue weighted by Gasteiger charge is -2.31. The number of nitrogens with one attached hydrogen (secondary N) is 1. The van der Waals surface area contributed by atoms with Gasteiger partial charge in [0.15, 0.2) is 0 Å². The van der Waals surface area contributed by atoms with Crippen molar-refractivity contribution >= 4 is 46.8 Å². The van der Waals surface area contributed by atoms with Gasteiger partial charge in [0, 0.05) is 28.4 Å². The lowest BCUT2D eigenvalue weighted by molar-refractivity contribution is -0.139. The molecule has 2 amide bonds. The predicted molar refractivity (Wildman–Crippen MR) is 134 cm³/mol. The van der Waals surface area contributed by atoms with Crippen molar-refractivity contribution in [3.8, 4) is 0 Å². The average molecular weight is 494 g/mol. The lowest BCUT2D eigenvalue weighted by Crippen LogP contribution is -2.50. The summed E-state index contributed by atoms with van der Waals surface area (Å²) >= 11 is 13.7. The normalized spacial score (nSPS) is 15.2. The monoisotopic (exact) mass is 492 g/mol. The summed E-state index contributed by atoms with van der Waals surface area (Å²) in [5.41, 5.74) is 1.94. The Kier molecular flexibility index (Phi) is 9.76. The molecule has 1 aliphatic rings. The second-order valence-electron chi connectivity index (χ2n) is 8.26. The van der Waals surface area contributed by atoms with E-state index in [0.29, 0.717) is 22.3 Å². The zero-order valence-corrected chi connectivity index (χ0v) is 20.7. The fourth-order valence-corrected chi connectivity index (χ4v) is 5.37. The highest BCUT2D eigenvalue weighted by Crippen LogP contribution is 2.25. The van der Waals surface area contributed by atoms with Crippen LogP contribution in [0.15, 0.2) is 48.5 Å². The summed E-state index contributed by atoms with van der Waals surface area (Å²) < 4.78 is 0. The minimum atomic E-state index is -0.538. The topological polar surface area (TPSA) is 49.4 Å². The second-order valence-corrected chi connectivity index (χ2v) is 10.1. The van der Waals surface area contributed by atoms with E-state index in [4.69, 9.17) is 23.2 Å². The first-order chi connectivity index (χ1) is 15.4. The third kappa shape index (κ3) is 7.43. The summed E-state index contributed by atoms with van der Waals surface area (Å²) in [4.78, 5) is 27.8. The Hall–Kier alpha value is -1.69. The Morgan fingerprint density at radius 1 is 1.09 bits per heavy atom. The van der Waals surface area contributed by atoms with Crippen molar-refractivity contribution in [3.05, 3.63) is 69.7 Å². The number of rotatable bonds is 9. The van der Waals surface area contributed by atoms with Gasteiger partial charge in [-0.3, -0.25) is 9.59 Å². The number of amides is 2. The summed E-state index contributed by atoms with van der Waals surface area (Å²) in [5.74, 6) is 0.735. The molecule has 0 aliphatic heterocycles. The van der Waals surface area contributed by atoms with Crippen LogP contribution in [0.3, 0.4) is 0 Å². The largest absolute Gasteiger partial charge is 0.352 e. The Labute approximate surface area is 205 Å². The summed E-state index contributed by atoms with van der Waals surface area (Å²) in [7, 11) is 0. The molecule has 0 heterocycles. The Balaban J connectivity index is 1.63. The average Bonchev–Trinajstić information content (AvgIpc) is 2.79. The van der Waals surface area contributed by atoms with Crippen molar-refractivity contribution in [2.24, 2.45) is 0 Å². The van der Waals surface area contributed by atoms with Crippen molar-refractivity contribution < 1.29 is 9.59 Å². The molecule has 0 aromatic heterocycles. The number of hydrogen-bond donors (Lipinski definition) is 1. The van der Waals surface area contributed by atoms with Gasteiger partial charge < -0.3 is 10.2 Å². The van der Waals surface area contributed by atoms with Crippen molar-refractivity contribution in [2.45, 2.75) is 63.4 Å². The van der Waals surface area contributed by atoms with Crippen molar-refractivity contribution in [3.63, 3.8) is 0 Å². The number of carbonyl (C=O) groups is 2. The van der Waals surface area contributed by atoms with E-state index in [0.717, 1.165) is 36.8 Å². The number of halogens is 2. The maximum atomic E-state index is 13.2. The number of thioether (sulfide) groups is 1. The standard InChI is InChI=1S/C25H30Cl2N2O2S/c1-18(25(31)28-22-10-6-3-7-11-22)29(15-19-8-4-2-5-9-19)24(30)17-32-16-20-12-13-21(26)14-23(20)27/h2,4-5,8-9,12-14,18,22H,3,6-7,10-11,15-17H2,1H3,(H,28,31)/t18-/m1/s1. The third-order valence-electron chi connectivity index (χ3n) is 5.81. The van der Waals surface area contributed by atoms with Crippen LogP contribution in [0.5, 0.6) is 0 Å². The van der Waals surface area contributed by atoms with Gasteiger partial charge in [0.25, 0.3) is 0 Å². The first-order valence-electron chi connectivity index (χ1n) is 11.1. The van der Waals surface area contributed by atoms with E-state index in [1.165, 1.54) is 18.2 Å². The van der Waals surface area contributed by atoms with Gasteiger partial charge in [0.05, 0.1) is 5.75 Å². The minimum Gasteiger partial charge on any atom is -0.352 e. The van der Waals surface area contributed by atoms with E-state index < -0.39 is 6.04 Å². The van der Waals surface area contributed by atoms with Crippen LogP contribution in [0.1, 0.15) is 50.2 Å². The summed E-state index contributed by atoms with van der Waals surface area (Å²) in [6.07, 6.45) is 5.56. The van der Waals surface area contributed by atoms with Gasteiger partial charge >= 0.3 is 0 Å². The van der Waals surface area contributed by atoms with E-state index in [1.807, 2.05) is 43.3 Å². The molecule has 172 valence electrons. The van der Waals surface area contributed by atoms with E-state index in [2.05, 4.69) is 5.32 Å². The van der Waals surface area contributed by atoms with Gasteiger partial charge in [-0.15, -0.1) is 11.8 Å². The molecule has 0 saturated heterocycles. The van der Waals surface area contributed by atoms with Gasteiger partial charge in [-0.1, -0.05) is 78.9 Å². The van der Waals surface area contributed by atoms with Gasteiger partial charge in [0.2, 0.25) is 11.8 Å². The first-order valence-corrected chi connectivity index (χ1v) is 13.0. The summed E-state index contributed by atoms with van der Waals surface area (Å²) in [5, 5.41) is 4.35. The quantitative estimate of drug-likeness (QED) is 0.460. The lowest BCUT2D eigenvalue weighted by atomic mass is 9.95. The molecule has 1 saturated carbocycles. The number of carbonyl (C=O) groups excluding carboxylic acids is 2. The molecule has 3 rings (SSSR count). The van der Waals surface area contributed by atoms with E-state index in [9.17, 15) is 9.59 Å². The zero-order chi connectivity index (χ0) is 22.9. The Bertz CT molecular complexity index is 904. The molecule has 1 fully saturated rings. The molecule has 0 spiro atoms. The molecule has 7 heteroatoms. The van der Waals surface area contributed by atoms with Gasteiger partial charge in [-0.05, 0) is 43.0 Å². The maximum Gasteiger partial charge on any atom is 0.242 e. The van der Waals surface area contributed by atoms with E-state index in [-0.39, 0.29) is 23.6 Å². The summed E-state index contributed by atoms with van der Waals surface area (Å²) in [6.45, 7) is 2.22. The maximum absolute atomic E-state index is 13.2. The number of benzene rings is 2. The summed E-state index contributed by atoms with van der Waals surface area (Å²) in [6, 6.07) is 14.9. The minimum absolute atomic E-state index is 0.0600. The molecule has 2 aromatic carbocycles. The fourth-order valence-electron chi connectivity index (χ4n) is 3.90. The van der Waals surface area contributed by atoms with E-state index in [1.54, 1.807) is 17.0 Å². The first kappa shape index (κ1) is 24.9. The second kappa shape index (κ2) is 12.5. The van der Waals surface area contributed by atoms with Crippen LogP contribution in [0, 0.1) is 0 Å². The molecule has 1 aliphatic carbocycles. The van der Waals surface area contributed by atoms with Crippen LogP contribution in [-0.2, 0) is 21.9 Å². The Morgan fingerprint density at radius 2 is 1.81 bits per heavy atom. The third-order valence-corrected chi connectivity index (χ3v) is 7.37. The van der Waals surface area contributed by atoms with Crippen LogP contribution in [-0.4, -0.2) is 34.6 Å². The Morgan fingerprint density at radius 3 is 2.50 bits per heavy atom. The van der Waals surface area contributed by atoms with Crippen molar-refractivity contribution in [1.29, 1.82) is 0 Å². The molecule has 2 aromatic rings. The van der Waals surface area contributed by atoms with E-state index >= 15 is 0 Å². The molecular formula is C25H30Cl2N2O2S. The van der Waals surface area contributed by atoms with Gasteiger partial charge in [-0.2, -0.15) is 0 Å². The molecule has 1 atom stereocenters. The highest BCUT2D eigenvalue weighted by Gasteiger charge is 2.28. The van der Waals surface area contributed by atoms with Gasteiger partial charge in [0.1, 0.15) is 6.04 Å². The fraction of sp³-hybridized carbons (Fsp3) is 0.440. The molecule has 32 heavy (non-hydrogen) atoms. The molecule has 4 nitrogen and oxygen atoms in total. The molecular weight excluding hydrogens is 463 g/mol. The van der Waals surface area contributed by atoms with Gasteiger partial charge in [-0.25, -0.2) is 0 Å². The smallest absolute Gasteiger partial charge is 0.242 e. The van der Waals surface area contributed by atoms with Crippen LogP contribution in [0.2, 0.25) is 10.0 Å². The highest BCUT2D eigenvalue weighted by molar-refractivity contribution is 7.99. The predicted octanol–water partition coefficient (Wildman–Crippen LogP) is 6.09. The molecule has 0 unspecified atom stereocenters. The highest BCUT2D eigenvalue weighted by atomic mass is 35.5.